The van der Waals surface area contributed by atoms with E-state index in [1.165, 1.54) is 0 Å². The first kappa shape index (κ1) is 13.9. The molecule has 0 atom stereocenters. The van der Waals surface area contributed by atoms with Crippen LogP contribution in [0.15, 0.2) is 48.8 Å². The number of hydrogen-bond donors (Lipinski definition) is 0. The molecule has 1 aromatic carbocycles. The van der Waals surface area contributed by atoms with Crippen LogP contribution in [-0.4, -0.2) is 29.3 Å². The van der Waals surface area contributed by atoms with Crippen molar-refractivity contribution in [3.8, 4) is 11.9 Å². The van der Waals surface area contributed by atoms with E-state index in [-0.39, 0.29) is 5.28 Å². The molecule has 114 valence electrons. The summed E-state index contributed by atoms with van der Waals surface area (Å²) in [7, 11) is 0. The van der Waals surface area contributed by atoms with Crippen molar-refractivity contribution >= 4 is 22.5 Å². The summed E-state index contributed by atoms with van der Waals surface area (Å²) in [6, 6.07) is 12.1. The van der Waals surface area contributed by atoms with Gasteiger partial charge in [-0.05, 0) is 36.2 Å². The zero-order chi connectivity index (χ0) is 15.8. The Balaban J connectivity index is 1.98. The highest BCUT2D eigenvalue weighted by atomic mass is 35.5. The molecule has 7 heteroatoms. The number of benzene rings is 1. The summed E-state index contributed by atoms with van der Waals surface area (Å²) >= 11 is 6.11. The molecular formula is C16H13ClN6. The Morgan fingerprint density at radius 3 is 2.65 bits per heavy atom. The minimum atomic E-state index is 0.139. The van der Waals surface area contributed by atoms with Crippen molar-refractivity contribution in [2.45, 2.75) is 13.3 Å². The Labute approximate surface area is 137 Å². The van der Waals surface area contributed by atoms with Gasteiger partial charge in [0.2, 0.25) is 11.2 Å². The van der Waals surface area contributed by atoms with Crippen LogP contribution in [0.4, 0.5) is 0 Å². The van der Waals surface area contributed by atoms with E-state index < -0.39 is 0 Å². The molecule has 3 heterocycles. The number of nitrogens with zero attached hydrogens (tertiary/aromatic N) is 6. The van der Waals surface area contributed by atoms with E-state index in [0.29, 0.717) is 11.9 Å². The van der Waals surface area contributed by atoms with Crippen molar-refractivity contribution in [3.63, 3.8) is 0 Å². The van der Waals surface area contributed by atoms with Gasteiger partial charge in [-0.2, -0.15) is 20.1 Å². The lowest BCUT2D eigenvalue weighted by atomic mass is 10.2. The fraction of sp³-hybridized carbons (Fsp3) is 0.125. The average molecular weight is 325 g/mol. The molecule has 0 aliphatic carbocycles. The second-order valence-corrected chi connectivity index (χ2v) is 5.38. The fourth-order valence-corrected chi connectivity index (χ4v) is 2.78. The Hall–Kier alpha value is -2.73. The van der Waals surface area contributed by atoms with Crippen molar-refractivity contribution < 1.29 is 0 Å². The van der Waals surface area contributed by atoms with Crippen molar-refractivity contribution in [1.29, 1.82) is 0 Å². The van der Waals surface area contributed by atoms with E-state index in [1.807, 2.05) is 22.8 Å². The molecule has 23 heavy (non-hydrogen) atoms. The van der Waals surface area contributed by atoms with E-state index in [0.717, 1.165) is 23.0 Å². The number of halogens is 1. The Bertz CT molecular complexity index is 974. The number of para-hydroxylation sites is 1. The maximum atomic E-state index is 6.11. The monoisotopic (exact) mass is 324 g/mol. The normalized spacial score (nSPS) is 11.2. The minimum absolute atomic E-state index is 0.139. The third-order valence-electron chi connectivity index (χ3n) is 3.64. The van der Waals surface area contributed by atoms with Crippen LogP contribution in [0, 0.1) is 0 Å². The summed E-state index contributed by atoms with van der Waals surface area (Å²) in [5, 5.41) is 5.43. The summed E-state index contributed by atoms with van der Waals surface area (Å²) in [5.41, 5.74) is 2.15. The van der Waals surface area contributed by atoms with Gasteiger partial charge in [0.15, 0.2) is 0 Å². The highest BCUT2D eigenvalue weighted by molar-refractivity contribution is 6.28. The molecule has 0 N–H and O–H groups in total. The van der Waals surface area contributed by atoms with Gasteiger partial charge in [0, 0.05) is 23.5 Å². The molecule has 0 saturated carbocycles. The van der Waals surface area contributed by atoms with Crippen LogP contribution in [0.5, 0.6) is 0 Å². The lowest BCUT2D eigenvalue weighted by molar-refractivity contribution is 0.770. The molecule has 6 nitrogen and oxygen atoms in total. The number of aromatic nitrogens is 6. The molecule has 4 aromatic rings. The Morgan fingerprint density at radius 2 is 1.87 bits per heavy atom. The van der Waals surface area contributed by atoms with Crippen molar-refractivity contribution in [1.82, 2.24) is 29.3 Å². The predicted octanol–water partition coefficient (Wildman–Crippen LogP) is 3.22. The third-order valence-corrected chi connectivity index (χ3v) is 3.81. The van der Waals surface area contributed by atoms with Crippen LogP contribution in [0.1, 0.15) is 12.6 Å². The van der Waals surface area contributed by atoms with E-state index in [4.69, 9.17) is 11.6 Å². The SMILES string of the molecule is CCc1cc2ccccc2n1-c1nc(Cl)nc(-n2cccn2)n1. The third kappa shape index (κ3) is 2.37. The summed E-state index contributed by atoms with van der Waals surface area (Å²) in [6.07, 6.45) is 4.29. The molecule has 0 amide bonds. The van der Waals surface area contributed by atoms with Gasteiger partial charge in [-0.25, -0.2) is 4.68 Å². The van der Waals surface area contributed by atoms with Gasteiger partial charge >= 0.3 is 0 Å². The molecule has 0 aliphatic heterocycles. The van der Waals surface area contributed by atoms with Crippen molar-refractivity contribution in [3.05, 3.63) is 59.8 Å². The van der Waals surface area contributed by atoms with Gasteiger partial charge in [0.1, 0.15) is 0 Å². The van der Waals surface area contributed by atoms with Crippen LogP contribution in [0.25, 0.3) is 22.8 Å². The van der Waals surface area contributed by atoms with E-state index >= 15 is 0 Å². The van der Waals surface area contributed by atoms with E-state index in [1.54, 1.807) is 23.1 Å². The van der Waals surface area contributed by atoms with Gasteiger partial charge in [0.05, 0.1) is 5.52 Å². The molecule has 0 bridgehead atoms. The fourth-order valence-electron chi connectivity index (χ4n) is 2.63. The van der Waals surface area contributed by atoms with Crippen LogP contribution in [0.3, 0.4) is 0 Å². The van der Waals surface area contributed by atoms with Gasteiger partial charge in [-0.3, -0.25) is 4.57 Å². The largest absolute Gasteiger partial charge is 0.282 e. The number of aryl methyl sites for hydroxylation is 1. The number of fused-ring (bicyclic) bond motifs is 1. The first-order chi connectivity index (χ1) is 11.3. The Morgan fingerprint density at radius 1 is 1.04 bits per heavy atom. The molecule has 0 unspecified atom stereocenters. The number of rotatable bonds is 3. The summed E-state index contributed by atoms with van der Waals surface area (Å²) in [5.74, 6) is 0.887. The molecule has 4 rings (SSSR count). The lowest BCUT2D eigenvalue weighted by Crippen LogP contribution is -2.10. The van der Waals surface area contributed by atoms with Crippen molar-refractivity contribution in [2.75, 3.05) is 0 Å². The number of hydrogen-bond acceptors (Lipinski definition) is 4. The zero-order valence-electron chi connectivity index (χ0n) is 12.4. The standard InChI is InChI=1S/C16H13ClN6/c1-2-12-10-11-6-3-4-7-13(11)23(12)16-20-14(17)19-15(21-16)22-9-5-8-18-22/h3-10H,2H2,1H3. The highest BCUT2D eigenvalue weighted by Gasteiger charge is 2.14. The van der Waals surface area contributed by atoms with E-state index in [9.17, 15) is 0 Å². The molecule has 0 fully saturated rings. The molecule has 3 aromatic heterocycles. The van der Waals surface area contributed by atoms with Gasteiger partial charge < -0.3 is 0 Å². The van der Waals surface area contributed by atoms with Crippen LogP contribution in [0.2, 0.25) is 5.28 Å². The zero-order valence-corrected chi connectivity index (χ0v) is 13.1. The first-order valence-corrected chi connectivity index (χ1v) is 7.65. The van der Waals surface area contributed by atoms with Crippen LogP contribution in [-0.2, 0) is 6.42 Å². The average Bonchev–Trinajstić information content (AvgIpc) is 3.21. The topological polar surface area (TPSA) is 61.4 Å². The highest BCUT2D eigenvalue weighted by Crippen LogP contribution is 2.23. The van der Waals surface area contributed by atoms with Gasteiger partial charge in [-0.1, -0.05) is 25.1 Å². The molecule has 0 saturated heterocycles. The molecule has 0 spiro atoms. The molecular weight excluding hydrogens is 312 g/mol. The van der Waals surface area contributed by atoms with Crippen LogP contribution < -0.4 is 0 Å². The summed E-state index contributed by atoms with van der Waals surface area (Å²) in [4.78, 5) is 13.0. The lowest BCUT2D eigenvalue weighted by Gasteiger charge is -2.09. The second kappa shape index (κ2) is 5.48. The smallest absolute Gasteiger partial charge is 0.256 e. The Kier molecular flexibility index (Phi) is 3.31. The first-order valence-electron chi connectivity index (χ1n) is 7.27. The summed E-state index contributed by atoms with van der Waals surface area (Å²) < 4.78 is 3.57. The summed E-state index contributed by atoms with van der Waals surface area (Å²) in [6.45, 7) is 2.10. The maximum absolute atomic E-state index is 6.11. The molecule has 0 radical (unpaired) electrons. The van der Waals surface area contributed by atoms with E-state index in [2.05, 4.69) is 39.1 Å². The minimum Gasteiger partial charge on any atom is -0.282 e. The van der Waals surface area contributed by atoms with Gasteiger partial charge in [0.25, 0.3) is 5.95 Å². The maximum Gasteiger partial charge on any atom is 0.256 e. The second-order valence-electron chi connectivity index (χ2n) is 5.04. The molecule has 0 aliphatic rings. The quantitative estimate of drug-likeness (QED) is 0.580. The van der Waals surface area contributed by atoms with Crippen LogP contribution >= 0.6 is 11.6 Å². The van der Waals surface area contributed by atoms with Crippen molar-refractivity contribution in [2.24, 2.45) is 0 Å². The van der Waals surface area contributed by atoms with Gasteiger partial charge in [-0.15, -0.1) is 0 Å². The predicted molar refractivity (Wildman–Crippen MR) is 88.2 cm³/mol.